The molecular formula is C16H12ClFN2. The summed E-state index contributed by atoms with van der Waals surface area (Å²) in [6, 6.07) is 12.4. The van der Waals surface area contributed by atoms with Gasteiger partial charge in [-0.2, -0.15) is 0 Å². The van der Waals surface area contributed by atoms with Crippen LogP contribution in [0.5, 0.6) is 0 Å². The van der Waals surface area contributed by atoms with E-state index < -0.39 is 0 Å². The minimum atomic E-state index is -0.323. The van der Waals surface area contributed by atoms with E-state index in [4.69, 9.17) is 11.6 Å². The minimum absolute atomic E-state index is 0.323. The number of hydrogen-bond donors (Lipinski definition) is 1. The van der Waals surface area contributed by atoms with Crippen LogP contribution in [0.25, 0.3) is 10.8 Å². The summed E-state index contributed by atoms with van der Waals surface area (Å²) < 4.78 is 13.3. The van der Waals surface area contributed by atoms with Crippen molar-refractivity contribution in [1.29, 1.82) is 0 Å². The molecule has 0 aliphatic carbocycles. The lowest BCUT2D eigenvalue weighted by Gasteiger charge is -2.10. The fourth-order valence-corrected chi connectivity index (χ4v) is 2.43. The topological polar surface area (TPSA) is 24.9 Å². The van der Waals surface area contributed by atoms with Crippen molar-refractivity contribution >= 4 is 28.1 Å². The molecule has 3 aromatic rings. The monoisotopic (exact) mass is 286 g/mol. The van der Waals surface area contributed by atoms with Gasteiger partial charge in [-0.05, 0) is 35.9 Å². The van der Waals surface area contributed by atoms with E-state index in [2.05, 4.69) is 10.3 Å². The molecule has 3 rings (SSSR count). The first-order valence-corrected chi connectivity index (χ1v) is 6.62. The van der Waals surface area contributed by atoms with Gasteiger partial charge in [-0.3, -0.25) is 4.98 Å². The molecule has 1 heterocycles. The molecular weight excluding hydrogens is 275 g/mol. The second-order valence-corrected chi connectivity index (χ2v) is 4.97. The zero-order valence-corrected chi connectivity index (χ0v) is 11.4. The normalized spacial score (nSPS) is 10.7. The highest BCUT2D eigenvalue weighted by Gasteiger charge is 2.02. The molecule has 0 atom stereocenters. The first-order valence-electron chi connectivity index (χ1n) is 6.24. The molecule has 0 fully saturated rings. The van der Waals surface area contributed by atoms with Crippen LogP contribution in [0.2, 0.25) is 5.02 Å². The first-order chi connectivity index (χ1) is 9.72. The van der Waals surface area contributed by atoms with E-state index in [1.54, 1.807) is 12.3 Å². The molecule has 1 aromatic heterocycles. The van der Waals surface area contributed by atoms with Gasteiger partial charge in [0.25, 0.3) is 0 Å². The molecule has 2 nitrogen and oxygen atoms in total. The molecule has 0 spiro atoms. The van der Waals surface area contributed by atoms with E-state index in [1.165, 1.54) is 12.1 Å². The molecule has 0 aliphatic rings. The molecule has 0 amide bonds. The Kier molecular flexibility index (Phi) is 3.52. The molecule has 0 unspecified atom stereocenters. The summed E-state index contributed by atoms with van der Waals surface area (Å²) in [6.07, 6.45) is 3.58. The van der Waals surface area contributed by atoms with Crippen molar-refractivity contribution in [3.05, 3.63) is 71.3 Å². The van der Waals surface area contributed by atoms with Gasteiger partial charge in [-0.15, -0.1) is 0 Å². The maximum atomic E-state index is 13.3. The average molecular weight is 287 g/mol. The Bertz CT molecular complexity index is 733. The second-order valence-electron chi connectivity index (χ2n) is 4.53. The van der Waals surface area contributed by atoms with Crippen molar-refractivity contribution in [1.82, 2.24) is 4.98 Å². The summed E-state index contributed by atoms with van der Waals surface area (Å²) in [6.45, 7) is 0.513. The third-order valence-electron chi connectivity index (χ3n) is 3.09. The van der Waals surface area contributed by atoms with E-state index in [0.717, 1.165) is 22.0 Å². The van der Waals surface area contributed by atoms with Crippen LogP contribution in [0.4, 0.5) is 10.1 Å². The van der Waals surface area contributed by atoms with Crippen molar-refractivity contribution in [2.24, 2.45) is 0 Å². The number of benzene rings is 2. The van der Waals surface area contributed by atoms with Crippen LogP contribution in [0, 0.1) is 5.82 Å². The Morgan fingerprint density at radius 1 is 1.15 bits per heavy atom. The summed E-state index contributed by atoms with van der Waals surface area (Å²) in [5.74, 6) is -0.323. The van der Waals surface area contributed by atoms with Gasteiger partial charge in [0.05, 0.1) is 0 Å². The minimum Gasteiger partial charge on any atom is -0.380 e. The van der Waals surface area contributed by atoms with E-state index in [1.807, 2.05) is 30.5 Å². The molecule has 0 saturated carbocycles. The number of aromatic nitrogens is 1. The number of nitrogens with one attached hydrogen (secondary N) is 1. The number of anilines is 1. The van der Waals surface area contributed by atoms with E-state index in [9.17, 15) is 4.39 Å². The Morgan fingerprint density at radius 2 is 2.05 bits per heavy atom. The summed E-state index contributed by atoms with van der Waals surface area (Å²) in [5, 5.41) is 5.86. The van der Waals surface area contributed by atoms with Crippen LogP contribution in [0.1, 0.15) is 5.56 Å². The molecule has 1 N–H and O–H groups in total. The number of rotatable bonds is 3. The molecule has 0 bridgehead atoms. The summed E-state index contributed by atoms with van der Waals surface area (Å²) in [4.78, 5) is 4.10. The smallest absolute Gasteiger partial charge is 0.125 e. The highest BCUT2D eigenvalue weighted by molar-refractivity contribution is 6.30. The fourth-order valence-electron chi connectivity index (χ4n) is 2.19. The lowest BCUT2D eigenvalue weighted by molar-refractivity contribution is 0.626. The van der Waals surface area contributed by atoms with Crippen molar-refractivity contribution in [3.63, 3.8) is 0 Å². The molecule has 0 radical (unpaired) electrons. The van der Waals surface area contributed by atoms with Gasteiger partial charge in [0, 0.05) is 40.4 Å². The maximum absolute atomic E-state index is 13.3. The lowest BCUT2D eigenvalue weighted by Crippen LogP contribution is -2.00. The van der Waals surface area contributed by atoms with E-state index in [-0.39, 0.29) is 5.82 Å². The van der Waals surface area contributed by atoms with Gasteiger partial charge in [0.15, 0.2) is 0 Å². The van der Waals surface area contributed by atoms with Crippen LogP contribution in [-0.2, 0) is 6.54 Å². The van der Waals surface area contributed by atoms with Gasteiger partial charge in [-0.25, -0.2) is 4.39 Å². The number of pyridine rings is 1. The van der Waals surface area contributed by atoms with Crippen LogP contribution in [-0.4, -0.2) is 4.98 Å². The summed E-state index contributed by atoms with van der Waals surface area (Å²) >= 11 is 5.85. The van der Waals surface area contributed by atoms with Gasteiger partial charge < -0.3 is 5.32 Å². The molecule has 100 valence electrons. The Balaban J connectivity index is 1.87. The largest absolute Gasteiger partial charge is 0.380 e. The average Bonchev–Trinajstić information content (AvgIpc) is 2.44. The van der Waals surface area contributed by atoms with Crippen molar-refractivity contribution in [3.8, 4) is 0 Å². The molecule has 20 heavy (non-hydrogen) atoms. The van der Waals surface area contributed by atoms with Crippen molar-refractivity contribution in [2.75, 3.05) is 5.32 Å². The Morgan fingerprint density at radius 3 is 2.90 bits per heavy atom. The summed E-state index contributed by atoms with van der Waals surface area (Å²) in [5.41, 5.74) is 1.80. The number of fused-ring (bicyclic) bond motifs is 1. The molecule has 4 heteroatoms. The van der Waals surface area contributed by atoms with Crippen molar-refractivity contribution in [2.45, 2.75) is 6.54 Å². The van der Waals surface area contributed by atoms with Gasteiger partial charge in [0.1, 0.15) is 5.82 Å². The fraction of sp³-hybridized carbons (Fsp3) is 0.0625. The highest BCUT2D eigenvalue weighted by atomic mass is 35.5. The first kappa shape index (κ1) is 12.9. The number of nitrogens with zero attached hydrogens (tertiary/aromatic N) is 1. The maximum Gasteiger partial charge on any atom is 0.125 e. The molecule has 0 aliphatic heterocycles. The van der Waals surface area contributed by atoms with Gasteiger partial charge in [-0.1, -0.05) is 23.7 Å². The van der Waals surface area contributed by atoms with E-state index >= 15 is 0 Å². The van der Waals surface area contributed by atoms with Crippen LogP contribution in [0.3, 0.4) is 0 Å². The van der Waals surface area contributed by atoms with E-state index in [0.29, 0.717) is 11.6 Å². The Labute approximate surface area is 121 Å². The van der Waals surface area contributed by atoms with Gasteiger partial charge >= 0.3 is 0 Å². The number of halogens is 2. The predicted molar refractivity (Wildman–Crippen MR) is 80.5 cm³/mol. The van der Waals surface area contributed by atoms with Crippen LogP contribution >= 0.6 is 11.6 Å². The lowest BCUT2D eigenvalue weighted by atomic mass is 10.1. The van der Waals surface area contributed by atoms with Crippen LogP contribution in [0.15, 0.2) is 54.9 Å². The zero-order chi connectivity index (χ0) is 13.9. The van der Waals surface area contributed by atoms with Crippen LogP contribution < -0.4 is 5.32 Å². The molecule has 0 saturated heterocycles. The number of hydrogen-bond acceptors (Lipinski definition) is 2. The Hall–Kier alpha value is -2.13. The van der Waals surface area contributed by atoms with Gasteiger partial charge in [0.2, 0.25) is 0 Å². The summed E-state index contributed by atoms with van der Waals surface area (Å²) in [7, 11) is 0. The standard InChI is InChI=1S/C16H12ClFN2/c17-13-6-11(7-14(18)8-13)9-20-16-3-1-2-12-10-19-5-4-15(12)16/h1-8,10,20H,9H2. The molecule has 2 aromatic carbocycles. The second kappa shape index (κ2) is 5.47. The third kappa shape index (κ3) is 2.73. The SMILES string of the molecule is Fc1cc(Cl)cc(CNc2cccc3cnccc23)c1. The zero-order valence-electron chi connectivity index (χ0n) is 10.6. The van der Waals surface area contributed by atoms with Crippen molar-refractivity contribution < 1.29 is 4.39 Å². The third-order valence-corrected chi connectivity index (χ3v) is 3.30. The quantitative estimate of drug-likeness (QED) is 0.759. The highest BCUT2D eigenvalue weighted by Crippen LogP contribution is 2.23. The predicted octanol–water partition coefficient (Wildman–Crippen LogP) is 4.64.